The van der Waals surface area contributed by atoms with Crippen molar-refractivity contribution in [2.75, 3.05) is 0 Å². The number of hydrogen-bond acceptors (Lipinski definition) is 0. The van der Waals surface area contributed by atoms with Crippen LogP contribution >= 0.6 is 0 Å². The standard InChI is InChI=1S/C18H33O/c1-2-3-4-5-6-7-8-9-10-11-12-13-14-15-16-17-18-19/h15-18H,2-14H2,1H3. The summed E-state index contributed by atoms with van der Waals surface area (Å²) in [6, 6.07) is 0. The van der Waals surface area contributed by atoms with E-state index in [9.17, 15) is 5.11 Å². The van der Waals surface area contributed by atoms with Crippen LogP contribution in [0.25, 0.3) is 0 Å². The van der Waals surface area contributed by atoms with E-state index in [1.54, 1.807) is 6.08 Å². The fourth-order valence-corrected chi connectivity index (χ4v) is 2.32. The van der Waals surface area contributed by atoms with Crippen LogP contribution in [-0.2, 0) is 5.11 Å². The number of hydrogen-bond donors (Lipinski definition) is 0. The van der Waals surface area contributed by atoms with Gasteiger partial charge in [-0.3, -0.25) is 5.11 Å². The van der Waals surface area contributed by atoms with Crippen LogP contribution in [0.2, 0.25) is 0 Å². The molecule has 19 heavy (non-hydrogen) atoms. The van der Waals surface area contributed by atoms with Gasteiger partial charge in [0.25, 0.3) is 0 Å². The Kier molecular flexibility index (Phi) is 16.6. The maximum absolute atomic E-state index is 10.0. The third-order valence-corrected chi connectivity index (χ3v) is 3.55. The van der Waals surface area contributed by atoms with Gasteiger partial charge in [0.05, 0.1) is 0 Å². The summed E-state index contributed by atoms with van der Waals surface area (Å²) in [5.74, 6) is 0. The second-order valence-corrected chi connectivity index (χ2v) is 5.43. The lowest BCUT2D eigenvalue weighted by Crippen LogP contribution is -1.82. The van der Waals surface area contributed by atoms with Crippen molar-refractivity contribution >= 4 is 0 Å². The van der Waals surface area contributed by atoms with Gasteiger partial charge in [-0.15, -0.1) is 0 Å². The zero-order valence-corrected chi connectivity index (χ0v) is 12.9. The average molecular weight is 265 g/mol. The third-order valence-electron chi connectivity index (χ3n) is 3.55. The van der Waals surface area contributed by atoms with Gasteiger partial charge in [-0.05, 0) is 18.9 Å². The molecule has 0 aliphatic heterocycles. The topological polar surface area (TPSA) is 19.9 Å². The SMILES string of the molecule is CCCCCCCCCCCCCCC=CC=C[O]. The normalized spacial score (nSPS) is 11.8. The molecule has 0 saturated carbocycles. The van der Waals surface area contributed by atoms with Gasteiger partial charge in [0, 0.05) is 0 Å². The molecule has 111 valence electrons. The van der Waals surface area contributed by atoms with E-state index in [-0.39, 0.29) is 0 Å². The van der Waals surface area contributed by atoms with Crippen molar-refractivity contribution in [1.82, 2.24) is 0 Å². The average Bonchev–Trinajstić information content (AvgIpc) is 2.43. The Morgan fingerprint density at radius 3 is 1.58 bits per heavy atom. The zero-order chi connectivity index (χ0) is 14.0. The zero-order valence-electron chi connectivity index (χ0n) is 12.9. The van der Waals surface area contributed by atoms with Crippen LogP contribution in [0.5, 0.6) is 0 Å². The lowest BCUT2D eigenvalue weighted by atomic mass is 10.0. The van der Waals surface area contributed by atoms with Crippen molar-refractivity contribution in [2.45, 2.75) is 90.4 Å². The van der Waals surface area contributed by atoms with Crippen molar-refractivity contribution in [3.05, 3.63) is 24.5 Å². The van der Waals surface area contributed by atoms with Crippen LogP contribution in [-0.4, -0.2) is 0 Å². The molecular weight excluding hydrogens is 232 g/mol. The minimum atomic E-state index is 0.832. The molecule has 1 nitrogen and oxygen atoms in total. The molecular formula is C18H33O. The van der Waals surface area contributed by atoms with E-state index in [4.69, 9.17) is 0 Å². The lowest BCUT2D eigenvalue weighted by molar-refractivity contribution is 0.352. The number of allylic oxidation sites excluding steroid dienone is 3. The molecule has 0 aromatic rings. The summed E-state index contributed by atoms with van der Waals surface area (Å²) in [6.07, 6.45) is 24.2. The number of unbranched alkanes of at least 4 members (excludes halogenated alkanes) is 12. The Bertz CT molecular complexity index is 206. The molecule has 0 aromatic carbocycles. The Morgan fingerprint density at radius 2 is 1.11 bits per heavy atom. The fraction of sp³-hybridized carbons (Fsp3) is 0.778. The van der Waals surface area contributed by atoms with Gasteiger partial charge in [0.1, 0.15) is 6.26 Å². The Labute approximate surface area is 120 Å². The summed E-state index contributed by atoms with van der Waals surface area (Å²) in [5.41, 5.74) is 0. The van der Waals surface area contributed by atoms with E-state index in [1.165, 1.54) is 77.0 Å². The largest absolute Gasteiger partial charge is 0.299 e. The maximum atomic E-state index is 10.0. The van der Waals surface area contributed by atoms with E-state index < -0.39 is 0 Å². The van der Waals surface area contributed by atoms with Gasteiger partial charge in [-0.25, -0.2) is 0 Å². The molecule has 0 fully saturated rings. The molecule has 0 atom stereocenters. The highest BCUT2D eigenvalue weighted by atomic mass is 16.2. The molecule has 0 spiro atoms. The van der Waals surface area contributed by atoms with Crippen LogP contribution in [0.15, 0.2) is 24.5 Å². The smallest absolute Gasteiger partial charge is 0.142 e. The first kappa shape index (κ1) is 18.3. The highest BCUT2D eigenvalue weighted by Crippen LogP contribution is 2.12. The first-order valence-electron chi connectivity index (χ1n) is 8.35. The molecule has 0 heterocycles. The first-order valence-corrected chi connectivity index (χ1v) is 8.35. The molecule has 0 bridgehead atoms. The molecule has 0 aliphatic rings. The van der Waals surface area contributed by atoms with Gasteiger partial charge in [-0.1, -0.05) is 89.7 Å². The Balaban J connectivity index is 2.99. The van der Waals surface area contributed by atoms with Crippen molar-refractivity contribution in [3.63, 3.8) is 0 Å². The van der Waals surface area contributed by atoms with Crippen LogP contribution in [0.4, 0.5) is 0 Å². The van der Waals surface area contributed by atoms with E-state index in [2.05, 4.69) is 13.0 Å². The van der Waals surface area contributed by atoms with E-state index in [1.807, 2.05) is 6.08 Å². The second kappa shape index (κ2) is 17.3. The quantitative estimate of drug-likeness (QED) is 0.192. The highest BCUT2D eigenvalue weighted by Gasteiger charge is 1.92. The van der Waals surface area contributed by atoms with Gasteiger partial charge in [-0.2, -0.15) is 0 Å². The molecule has 0 saturated heterocycles. The molecule has 1 radical (unpaired) electrons. The van der Waals surface area contributed by atoms with Gasteiger partial charge in [0.15, 0.2) is 0 Å². The van der Waals surface area contributed by atoms with Gasteiger partial charge in [0.2, 0.25) is 0 Å². The van der Waals surface area contributed by atoms with Crippen LogP contribution < -0.4 is 0 Å². The van der Waals surface area contributed by atoms with Crippen LogP contribution in [0.1, 0.15) is 90.4 Å². The van der Waals surface area contributed by atoms with Crippen molar-refractivity contribution in [2.24, 2.45) is 0 Å². The predicted molar refractivity (Wildman–Crippen MR) is 84.7 cm³/mol. The molecule has 0 amide bonds. The second-order valence-electron chi connectivity index (χ2n) is 5.43. The summed E-state index contributed by atoms with van der Waals surface area (Å²) in [7, 11) is 0. The highest BCUT2D eigenvalue weighted by molar-refractivity contribution is 4.98. The first-order chi connectivity index (χ1) is 9.41. The molecule has 0 aromatic heterocycles. The number of rotatable bonds is 14. The van der Waals surface area contributed by atoms with Crippen molar-refractivity contribution in [1.29, 1.82) is 0 Å². The summed E-state index contributed by atoms with van der Waals surface area (Å²) < 4.78 is 0. The van der Waals surface area contributed by atoms with Crippen molar-refractivity contribution in [3.8, 4) is 0 Å². The Morgan fingerprint density at radius 1 is 0.632 bits per heavy atom. The van der Waals surface area contributed by atoms with E-state index in [0.717, 1.165) is 12.7 Å². The third kappa shape index (κ3) is 17.3. The van der Waals surface area contributed by atoms with Gasteiger partial charge >= 0.3 is 0 Å². The lowest BCUT2D eigenvalue weighted by Gasteiger charge is -2.02. The molecule has 0 rings (SSSR count). The van der Waals surface area contributed by atoms with E-state index in [0.29, 0.717) is 0 Å². The molecule has 1 heteroatoms. The summed E-state index contributed by atoms with van der Waals surface area (Å²) >= 11 is 0. The summed E-state index contributed by atoms with van der Waals surface area (Å²) in [4.78, 5) is 0. The van der Waals surface area contributed by atoms with Crippen LogP contribution in [0.3, 0.4) is 0 Å². The Hall–Kier alpha value is -0.720. The maximum Gasteiger partial charge on any atom is 0.142 e. The van der Waals surface area contributed by atoms with Crippen molar-refractivity contribution < 1.29 is 5.11 Å². The molecule has 0 aliphatic carbocycles. The molecule has 0 N–H and O–H groups in total. The molecule has 0 unspecified atom stereocenters. The fourth-order valence-electron chi connectivity index (χ4n) is 2.32. The minimum absolute atomic E-state index is 0.832. The summed E-state index contributed by atoms with van der Waals surface area (Å²) in [5, 5.41) is 10.0. The van der Waals surface area contributed by atoms with Crippen LogP contribution in [0, 0.1) is 0 Å². The monoisotopic (exact) mass is 265 g/mol. The van der Waals surface area contributed by atoms with E-state index >= 15 is 0 Å². The van der Waals surface area contributed by atoms with Gasteiger partial charge < -0.3 is 0 Å². The summed E-state index contributed by atoms with van der Waals surface area (Å²) in [6.45, 7) is 2.27. The predicted octanol–water partition coefficient (Wildman–Crippen LogP) is 6.58. The minimum Gasteiger partial charge on any atom is -0.299 e.